The highest BCUT2D eigenvalue weighted by atomic mass is 32.2. The average molecular weight is 405 g/mol. The molecular weight excluding hydrogens is 372 g/mol. The molecule has 0 radical (unpaired) electrons. The summed E-state index contributed by atoms with van der Waals surface area (Å²) >= 11 is 1.75. The third-order valence-corrected chi connectivity index (χ3v) is 5.79. The Morgan fingerprint density at radius 3 is 2.39 bits per heavy atom. The number of rotatable bonds is 6. The predicted molar refractivity (Wildman–Crippen MR) is 116 cm³/mol. The number of para-hydroxylation sites is 1. The lowest BCUT2D eigenvalue weighted by Gasteiger charge is -2.31. The maximum Gasteiger partial charge on any atom is 0.147 e. The SMILES string of the molecule is CC1CC(O)CC(Oc2ccccc2C(O)CCc2ccccc2)S1.CCO. The molecule has 2 aromatic rings. The van der Waals surface area contributed by atoms with Gasteiger partial charge in [0.25, 0.3) is 0 Å². The largest absolute Gasteiger partial charge is 0.479 e. The van der Waals surface area contributed by atoms with Crippen molar-refractivity contribution < 1.29 is 20.1 Å². The zero-order chi connectivity index (χ0) is 20.4. The van der Waals surface area contributed by atoms with Gasteiger partial charge in [0.05, 0.1) is 12.2 Å². The first-order chi connectivity index (χ1) is 13.5. The molecule has 1 heterocycles. The third-order valence-electron chi connectivity index (χ3n) is 4.54. The van der Waals surface area contributed by atoms with Crippen molar-refractivity contribution in [2.45, 2.75) is 62.4 Å². The molecule has 3 rings (SSSR count). The second kappa shape index (κ2) is 12.1. The minimum atomic E-state index is -0.563. The van der Waals surface area contributed by atoms with E-state index in [1.54, 1.807) is 18.7 Å². The van der Waals surface area contributed by atoms with Crippen LogP contribution in [0.3, 0.4) is 0 Å². The van der Waals surface area contributed by atoms with Crippen LogP contribution in [-0.4, -0.2) is 38.7 Å². The lowest BCUT2D eigenvalue weighted by molar-refractivity contribution is 0.110. The molecule has 2 aromatic carbocycles. The number of aliphatic hydroxyl groups excluding tert-OH is 3. The van der Waals surface area contributed by atoms with Gasteiger partial charge in [-0.15, -0.1) is 11.8 Å². The molecule has 3 N–H and O–H groups in total. The van der Waals surface area contributed by atoms with Gasteiger partial charge in [-0.2, -0.15) is 0 Å². The Balaban J connectivity index is 0.000000878. The Hall–Kier alpha value is -1.53. The summed E-state index contributed by atoms with van der Waals surface area (Å²) in [6.07, 6.45) is 2.05. The van der Waals surface area contributed by atoms with E-state index >= 15 is 0 Å². The minimum Gasteiger partial charge on any atom is -0.479 e. The summed E-state index contributed by atoms with van der Waals surface area (Å²) in [5.41, 5.74) is 1.98. The van der Waals surface area contributed by atoms with Gasteiger partial charge in [0.1, 0.15) is 11.2 Å². The van der Waals surface area contributed by atoms with Crippen LogP contribution in [0.2, 0.25) is 0 Å². The van der Waals surface area contributed by atoms with Crippen LogP contribution in [0.5, 0.6) is 5.75 Å². The van der Waals surface area contributed by atoms with Crippen molar-refractivity contribution in [1.82, 2.24) is 0 Å². The Morgan fingerprint density at radius 1 is 1.07 bits per heavy atom. The van der Waals surface area contributed by atoms with E-state index in [2.05, 4.69) is 19.1 Å². The highest BCUT2D eigenvalue weighted by Crippen LogP contribution is 2.36. The molecule has 0 aromatic heterocycles. The van der Waals surface area contributed by atoms with Gasteiger partial charge in [-0.25, -0.2) is 0 Å². The maximum absolute atomic E-state index is 10.7. The van der Waals surface area contributed by atoms with E-state index in [-0.39, 0.29) is 18.1 Å². The maximum atomic E-state index is 10.7. The van der Waals surface area contributed by atoms with E-state index in [1.807, 2.05) is 42.5 Å². The van der Waals surface area contributed by atoms with Gasteiger partial charge in [0.15, 0.2) is 0 Å². The number of benzene rings is 2. The van der Waals surface area contributed by atoms with Crippen molar-refractivity contribution in [3.8, 4) is 5.75 Å². The highest BCUT2D eigenvalue weighted by molar-refractivity contribution is 8.00. The molecule has 1 saturated heterocycles. The zero-order valence-corrected chi connectivity index (χ0v) is 17.5. The van der Waals surface area contributed by atoms with Gasteiger partial charge >= 0.3 is 0 Å². The summed E-state index contributed by atoms with van der Waals surface area (Å²) in [5, 5.41) is 28.6. The molecule has 0 aliphatic carbocycles. The van der Waals surface area contributed by atoms with Crippen molar-refractivity contribution in [2.24, 2.45) is 0 Å². The van der Waals surface area contributed by atoms with Gasteiger partial charge in [-0.05, 0) is 37.8 Å². The first kappa shape index (κ1) is 22.8. The van der Waals surface area contributed by atoms with Crippen LogP contribution >= 0.6 is 11.8 Å². The molecule has 1 aliphatic heterocycles. The summed E-state index contributed by atoms with van der Waals surface area (Å²) in [4.78, 5) is 0. The number of thioether (sulfide) groups is 1. The molecule has 0 saturated carbocycles. The van der Waals surface area contributed by atoms with Crippen LogP contribution in [0.15, 0.2) is 54.6 Å². The molecule has 5 heteroatoms. The number of aliphatic hydroxyl groups is 3. The lowest BCUT2D eigenvalue weighted by atomic mass is 10.0. The fourth-order valence-corrected chi connectivity index (χ4v) is 4.60. The number of hydrogen-bond donors (Lipinski definition) is 3. The van der Waals surface area contributed by atoms with Gasteiger partial charge < -0.3 is 20.1 Å². The van der Waals surface area contributed by atoms with Crippen molar-refractivity contribution in [3.05, 3.63) is 65.7 Å². The normalized spacial score (nSPS) is 22.7. The highest BCUT2D eigenvalue weighted by Gasteiger charge is 2.28. The monoisotopic (exact) mass is 404 g/mol. The average Bonchev–Trinajstić information content (AvgIpc) is 2.67. The Labute approximate surface area is 172 Å². The quantitative estimate of drug-likeness (QED) is 0.668. The van der Waals surface area contributed by atoms with E-state index in [0.717, 1.165) is 24.2 Å². The smallest absolute Gasteiger partial charge is 0.147 e. The molecule has 1 fully saturated rings. The van der Waals surface area contributed by atoms with Gasteiger partial charge in [-0.3, -0.25) is 0 Å². The third kappa shape index (κ3) is 7.47. The molecule has 1 aliphatic rings. The molecule has 0 bridgehead atoms. The Bertz CT molecular complexity index is 669. The first-order valence-corrected chi connectivity index (χ1v) is 10.9. The molecule has 154 valence electrons. The second-order valence-electron chi connectivity index (χ2n) is 7.01. The summed E-state index contributed by atoms with van der Waals surface area (Å²) in [5.74, 6) is 0.724. The molecule has 4 unspecified atom stereocenters. The minimum absolute atomic E-state index is 0.0683. The number of ether oxygens (including phenoxy) is 1. The topological polar surface area (TPSA) is 69.9 Å². The van der Waals surface area contributed by atoms with Crippen molar-refractivity contribution in [1.29, 1.82) is 0 Å². The Morgan fingerprint density at radius 2 is 1.71 bits per heavy atom. The summed E-state index contributed by atoms with van der Waals surface area (Å²) < 4.78 is 6.14. The van der Waals surface area contributed by atoms with Crippen LogP contribution in [-0.2, 0) is 6.42 Å². The van der Waals surface area contributed by atoms with E-state index < -0.39 is 6.10 Å². The van der Waals surface area contributed by atoms with Crippen molar-refractivity contribution in [2.75, 3.05) is 6.61 Å². The fourth-order valence-electron chi connectivity index (χ4n) is 3.26. The second-order valence-corrected chi connectivity index (χ2v) is 8.62. The molecular formula is C23H32O4S. The van der Waals surface area contributed by atoms with Crippen LogP contribution in [0.1, 0.15) is 50.3 Å². The van der Waals surface area contributed by atoms with E-state index in [4.69, 9.17) is 9.84 Å². The zero-order valence-electron chi connectivity index (χ0n) is 16.7. The summed E-state index contributed by atoms with van der Waals surface area (Å²) in [6.45, 7) is 4.05. The van der Waals surface area contributed by atoms with Crippen molar-refractivity contribution in [3.63, 3.8) is 0 Å². The van der Waals surface area contributed by atoms with E-state index in [1.165, 1.54) is 5.56 Å². The van der Waals surface area contributed by atoms with E-state index in [0.29, 0.717) is 18.1 Å². The molecule has 4 atom stereocenters. The molecule has 0 amide bonds. The molecule has 28 heavy (non-hydrogen) atoms. The van der Waals surface area contributed by atoms with Gasteiger partial charge in [0, 0.05) is 23.8 Å². The summed E-state index contributed by atoms with van der Waals surface area (Å²) in [6, 6.07) is 17.9. The fraction of sp³-hybridized carbons (Fsp3) is 0.478. The predicted octanol–water partition coefficient (Wildman–Crippen LogP) is 4.33. The number of aryl methyl sites for hydroxylation is 1. The number of hydrogen-bond acceptors (Lipinski definition) is 5. The van der Waals surface area contributed by atoms with Crippen LogP contribution in [0.4, 0.5) is 0 Å². The summed E-state index contributed by atoms with van der Waals surface area (Å²) in [7, 11) is 0. The lowest BCUT2D eigenvalue weighted by Crippen LogP contribution is -2.30. The standard InChI is InChI=1S/C21H26O3S.C2H6O/c1-15-13-17(22)14-21(25-15)24-20-10-6-5-9-18(20)19(23)12-11-16-7-3-2-4-8-16;1-2-3/h2-10,15,17,19,21-23H,11-14H2,1H3;3H,2H2,1H3. The molecule has 0 spiro atoms. The van der Waals surface area contributed by atoms with Crippen LogP contribution in [0, 0.1) is 0 Å². The molecule has 4 nitrogen and oxygen atoms in total. The Kier molecular flexibility index (Phi) is 9.85. The van der Waals surface area contributed by atoms with E-state index in [9.17, 15) is 10.2 Å². The van der Waals surface area contributed by atoms with Gasteiger partial charge in [0.2, 0.25) is 0 Å². The van der Waals surface area contributed by atoms with Gasteiger partial charge in [-0.1, -0.05) is 55.5 Å². The van der Waals surface area contributed by atoms with Crippen LogP contribution in [0.25, 0.3) is 0 Å². The van der Waals surface area contributed by atoms with Crippen molar-refractivity contribution >= 4 is 11.8 Å². The van der Waals surface area contributed by atoms with Crippen LogP contribution < -0.4 is 4.74 Å². The first-order valence-electron chi connectivity index (χ1n) is 9.95.